The topological polar surface area (TPSA) is 51.2 Å². The van der Waals surface area contributed by atoms with Crippen LogP contribution in [0.4, 0.5) is 0 Å². The van der Waals surface area contributed by atoms with E-state index in [4.69, 9.17) is 27.9 Å². The monoisotopic (exact) mass is 310 g/mol. The largest absolute Gasteiger partial charge is 0.492 e. The van der Waals surface area contributed by atoms with E-state index in [0.717, 1.165) is 0 Å². The molecule has 0 aliphatic carbocycles. The molecule has 1 aromatic carbocycles. The van der Waals surface area contributed by atoms with Gasteiger partial charge in [-0.3, -0.25) is 4.79 Å². The van der Waals surface area contributed by atoms with Crippen molar-refractivity contribution in [1.29, 1.82) is 0 Å². The molecule has 2 rings (SSSR count). The quantitative estimate of drug-likeness (QED) is 0.681. The highest BCUT2D eigenvalue weighted by Crippen LogP contribution is 2.15. The maximum Gasteiger partial charge on any atom is 0.251 e. The first kappa shape index (κ1) is 14.6. The Balaban J connectivity index is 1.76. The van der Waals surface area contributed by atoms with Crippen LogP contribution in [0.5, 0.6) is 5.75 Å². The van der Waals surface area contributed by atoms with E-state index < -0.39 is 0 Å². The van der Waals surface area contributed by atoms with E-state index in [1.807, 2.05) is 0 Å². The number of nitrogens with zero attached hydrogens (tertiary/aromatic N) is 1. The van der Waals surface area contributed by atoms with Gasteiger partial charge in [0, 0.05) is 16.8 Å². The average molecular weight is 311 g/mol. The van der Waals surface area contributed by atoms with Crippen LogP contribution in [-0.4, -0.2) is 24.0 Å². The number of carbonyl (C=O) groups excluding carboxylic acids is 1. The van der Waals surface area contributed by atoms with Crippen molar-refractivity contribution in [3.8, 4) is 5.75 Å². The van der Waals surface area contributed by atoms with E-state index in [0.29, 0.717) is 29.5 Å². The molecule has 0 fully saturated rings. The van der Waals surface area contributed by atoms with E-state index in [2.05, 4.69) is 10.3 Å². The summed E-state index contributed by atoms with van der Waals surface area (Å²) in [6.07, 6.45) is 1.49. The lowest BCUT2D eigenvalue weighted by molar-refractivity contribution is 0.0947. The van der Waals surface area contributed by atoms with Gasteiger partial charge in [-0.15, -0.1) is 0 Å². The zero-order valence-corrected chi connectivity index (χ0v) is 12.0. The molecule has 6 heteroatoms. The van der Waals surface area contributed by atoms with Gasteiger partial charge in [0.15, 0.2) is 0 Å². The molecule has 4 nitrogen and oxygen atoms in total. The van der Waals surface area contributed by atoms with Gasteiger partial charge in [-0.25, -0.2) is 4.98 Å². The lowest BCUT2D eigenvalue weighted by Gasteiger charge is -2.08. The normalized spacial score (nSPS) is 10.1. The van der Waals surface area contributed by atoms with Gasteiger partial charge in [0.25, 0.3) is 5.91 Å². The third-order valence-corrected chi connectivity index (χ3v) is 2.92. The van der Waals surface area contributed by atoms with E-state index in [9.17, 15) is 4.79 Å². The maximum absolute atomic E-state index is 11.8. The molecular formula is C14H12Cl2N2O2. The van der Waals surface area contributed by atoms with E-state index in [1.54, 1.807) is 30.3 Å². The van der Waals surface area contributed by atoms with Crippen molar-refractivity contribution in [2.75, 3.05) is 13.2 Å². The summed E-state index contributed by atoms with van der Waals surface area (Å²) in [7, 11) is 0. The van der Waals surface area contributed by atoms with Gasteiger partial charge in [0.1, 0.15) is 17.5 Å². The zero-order chi connectivity index (χ0) is 14.4. The summed E-state index contributed by atoms with van der Waals surface area (Å²) in [5.74, 6) is 0.490. The summed E-state index contributed by atoms with van der Waals surface area (Å²) in [4.78, 5) is 15.6. The summed E-state index contributed by atoms with van der Waals surface area (Å²) in [5, 5.41) is 3.67. The molecule has 0 radical (unpaired) electrons. The molecule has 1 amide bonds. The fourth-order valence-corrected chi connectivity index (χ4v) is 1.81. The molecule has 0 unspecified atom stereocenters. The van der Waals surface area contributed by atoms with E-state index >= 15 is 0 Å². The van der Waals surface area contributed by atoms with Gasteiger partial charge >= 0.3 is 0 Å². The predicted molar refractivity (Wildman–Crippen MR) is 78.5 cm³/mol. The number of benzene rings is 1. The third-order valence-electron chi connectivity index (χ3n) is 2.46. The molecule has 104 valence electrons. The lowest BCUT2D eigenvalue weighted by Crippen LogP contribution is -2.28. The lowest BCUT2D eigenvalue weighted by atomic mass is 10.2. The molecule has 0 aliphatic heterocycles. The number of ether oxygens (including phenoxy) is 1. The first-order chi connectivity index (χ1) is 9.65. The van der Waals surface area contributed by atoms with E-state index in [-0.39, 0.29) is 11.1 Å². The fourth-order valence-electron chi connectivity index (χ4n) is 1.51. The summed E-state index contributed by atoms with van der Waals surface area (Å²) in [5.41, 5.74) is 0.469. The molecule has 0 atom stereocenters. The molecule has 0 bridgehead atoms. The number of halogens is 2. The Kier molecular flexibility index (Phi) is 5.21. The number of aromatic nitrogens is 1. The number of hydrogen-bond acceptors (Lipinski definition) is 3. The van der Waals surface area contributed by atoms with Crippen molar-refractivity contribution in [3.63, 3.8) is 0 Å². The Morgan fingerprint density at radius 1 is 1.20 bits per heavy atom. The summed E-state index contributed by atoms with van der Waals surface area (Å²) in [6, 6.07) is 10.1. The van der Waals surface area contributed by atoms with Crippen LogP contribution in [0, 0.1) is 0 Å². The van der Waals surface area contributed by atoms with Crippen LogP contribution in [0.15, 0.2) is 42.6 Å². The molecule has 1 aromatic heterocycles. The number of pyridine rings is 1. The number of rotatable bonds is 5. The second-order valence-electron chi connectivity index (χ2n) is 3.93. The minimum atomic E-state index is -0.214. The average Bonchev–Trinajstić information content (AvgIpc) is 2.45. The third kappa shape index (κ3) is 4.40. The fraction of sp³-hybridized carbons (Fsp3) is 0.143. The Morgan fingerprint density at radius 3 is 2.65 bits per heavy atom. The van der Waals surface area contributed by atoms with Crippen LogP contribution in [0.25, 0.3) is 0 Å². The molecule has 0 aliphatic rings. The van der Waals surface area contributed by atoms with Crippen molar-refractivity contribution in [2.45, 2.75) is 0 Å². The highest BCUT2D eigenvalue weighted by molar-refractivity contribution is 6.30. The highest BCUT2D eigenvalue weighted by Gasteiger charge is 2.05. The molecule has 0 saturated carbocycles. The van der Waals surface area contributed by atoms with Crippen LogP contribution in [0.2, 0.25) is 10.2 Å². The van der Waals surface area contributed by atoms with Gasteiger partial charge in [-0.2, -0.15) is 0 Å². The van der Waals surface area contributed by atoms with Gasteiger partial charge in [-0.05, 0) is 36.4 Å². The van der Waals surface area contributed by atoms with Crippen molar-refractivity contribution in [3.05, 3.63) is 58.3 Å². The van der Waals surface area contributed by atoms with Crippen LogP contribution >= 0.6 is 23.2 Å². The van der Waals surface area contributed by atoms with Crippen LogP contribution in [0.1, 0.15) is 10.4 Å². The Labute approximate surface area is 126 Å². The van der Waals surface area contributed by atoms with Gasteiger partial charge in [0.2, 0.25) is 0 Å². The van der Waals surface area contributed by atoms with Crippen LogP contribution in [-0.2, 0) is 0 Å². The van der Waals surface area contributed by atoms with E-state index in [1.165, 1.54) is 12.3 Å². The number of hydrogen-bond donors (Lipinski definition) is 1. The minimum absolute atomic E-state index is 0.214. The van der Waals surface area contributed by atoms with Gasteiger partial charge < -0.3 is 10.1 Å². The Morgan fingerprint density at radius 2 is 1.95 bits per heavy atom. The maximum atomic E-state index is 11.8. The van der Waals surface area contributed by atoms with Gasteiger partial charge in [0.05, 0.1) is 6.54 Å². The summed E-state index contributed by atoms with van der Waals surface area (Å²) < 4.78 is 5.46. The standard InChI is InChI=1S/C14H12Cl2N2O2/c15-11-1-3-12(4-2-11)20-8-7-18-14(19)10-5-6-17-13(16)9-10/h1-6,9H,7-8H2,(H,18,19). The smallest absolute Gasteiger partial charge is 0.251 e. The van der Waals surface area contributed by atoms with Crippen LogP contribution in [0.3, 0.4) is 0 Å². The predicted octanol–water partition coefficient (Wildman–Crippen LogP) is 3.20. The highest BCUT2D eigenvalue weighted by atomic mass is 35.5. The molecule has 1 N–H and O–H groups in total. The molecule has 1 heterocycles. The Bertz CT molecular complexity index is 588. The van der Waals surface area contributed by atoms with Crippen molar-refractivity contribution in [2.24, 2.45) is 0 Å². The van der Waals surface area contributed by atoms with Crippen molar-refractivity contribution < 1.29 is 9.53 Å². The second-order valence-corrected chi connectivity index (χ2v) is 4.75. The second kappa shape index (κ2) is 7.12. The Hall–Kier alpha value is -1.78. The van der Waals surface area contributed by atoms with Crippen molar-refractivity contribution in [1.82, 2.24) is 10.3 Å². The molecular weight excluding hydrogens is 299 g/mol. The minimum Gasteiger partial charge on any atom is -0.492 e. The zero-order valence-electron chi connectivity index (χ0n) is 10.5. The molecule has 0 saturated heterocycles. The number of amides is 1. The molecule has 2 aromatic rings. The van der Waals surface area contributed by atoms with Gasteiger partial charge in [-0.1, -0.05) is 23.2 Å². The first-order valence-electron chi connectivity index (χ1n) is 5.93. The summed E-state index contributed by atoms with van der Waals surface area (Å²) in [6.45, 7) is 0.758. The number of nitrogens with one attached hydrogen (secondary N) is 1. The SMILES string of the molecule is O=C(NCCOc1ccc(Cl)cc1)c1ccnc(Cl)c1. The molecule has 20 heavy (non-hydrogen) atoms. The van der Waals surface area contributed by atoms with Crippen molar-refractivity contribution >= 4 is 29.1 Å². The number of carbonyl (C=O) groups is 1. The van der Waals surface area contributed by atoms with Crippen LogP contribution < -0.4 is 10.1 Å². The first-order valence-corrected chi connectivity index (χ1v) is 6.69. The summed E-state index contributed by atoms with van der Waals surface area (Å²) >= 11 is 11.5. The molecule has 0 spiro atoms.